The van der Waals surface area contributed by atoms with Crippen LogP contribution in [0.25, 0.3) is 0 Å². The normalized spacial score (nSPS) is 16.9. The molecule has 1 atom stereocenters. The highest BCUT2D eigenvalue weighted by Crippen LogP contribution is 2.38. The van der Waals surface area contributed by atoms with E-state index in [0.717, 1.165) is 15.7 Å². The summed E-state index contributed by atoms with van der Waals surface area (Å²) in [7, 11) is -3.80. The maximum absolute atomic E-state index is 12.2. The van der Waals surface area contributed by atoms with E-state index in [1.807, 2.05) is 6.92 Å². The number of hydrogen-bond acceptors (Lipinski definition) is 5. The summed E-state index contributed by atoms with van der Waals surface area (Å²) in [5, 5.41) is 3.76. The number of aryl methyl sites for hydroxylation is 1. The largest absolute Gasteiger partial charge is 0.489 e. The monoisotopic (exact) mass is 431 g/mol. The predicted molar refractivity (Wildman–Crippen MR) is 96.4 cm³/mol. The molecular weight excluding hydrogens is 418 g/mol. The minimum absolute atomic E-state index is 0.0370. The van der Waals surface area contributed by atoms with Gasteiger partial charge in [0.05, 0.1) is 23.2 Å². The van der Waals surface area contributed by atoms with Gasteiger partial charge in [0.25, 0.3) is 10.1 Å². The molecule has 0 saturated heterocycles. The second kappa shape index (κ2) is 6.92. The first-order chi connectivity index (χ1) is 11.3. The van der Waals surface area contributed by atoms with E-state index in [2.05, 4.69) is 21.2 Å². The average Bonchev–Trinajstić information content (AvgIpc) is 2.53. The molecule has 0 aromatic heterocycles. The highest BCUT2D eigenvalue weighted by Gasteiger charge is 2.24. The van der Waals surface area contributed by atoms with Gasteiger partial charge in [0.1, 0.15) is 12.4 Å². The molecule has 1 aliphatic heterocycles. The van der Waals surface area contributed by atoms with Gasteiger partial charge in [0, 0.05) is 15.6 Å². The first-order valence-electron chi connectivity index (χ1n) is 7.19. The van der Waals surface area contributed by atoms with E-state index in [9.17, 15) is 8.42 Å². The van der Waals surface area contributed by atoms with E-state index in [1.165, 1.54) is 12.1 Å². The van der Waals surface area contributed by atoms with Crippen LogP contribution in [0.2, 0.25) is 5.02 Å². The van der Waals surface area contributed by atoms with E-state index in [1.54, 1.807) is 24.3 Å². The quantitative estimate of drug-likeness (QED) is 0.740. The Balaban J connectivity index is 1.68. The Kier molecular flexibility index (Phi) is 5.05. The Morgan fingerprint density at radius 3 is 2.75 bits per heavy atom. The van der Waals surface area contributed by atoms with E-state index < -0.39 is 10.1 Å². The summed E-state index contributed by atoms with van der Waals surface area (Å²) in [6, 6.07) is 9.67. The molecule has 24 heavy (non-hydrogen) atoms. The predicted octanol–water partition coefficient (Wildman–Crippen LogP) is 3.99. The lowest BCUT2D eigenvalue weighted by atomic mass is 10.2. The van der Waals surface area contributed by atoms with Gasteiger partial charge in [-0.1, -0.05) is 29.3 Å². The van der Waals surface area contributed by atoms with E-state index in [0.29, 0.717) is 10.8 Å². The molecule has 1 N–H and O–H groups in total. The molecule has 5 nitrogen and oxygen atoms in total. The minimum Gasteiger partial charge on any atom is -0.489 e. The number of halogens is 2. The number of anilines is 1. The molecule has 3 rings (SSSR count). The van der Waals surface area contributed by atoms with Crippen molar-refractivity contribution in [2.24, 2.45) is 0 Å². The lowest BCUT2D eigenvalue weighted by molar-refractivity contribution is 0.224. The molecule has 1 aliphatic rings. The zero-order valence-corrected chi connectivity index (χ0v) is 15.9. The third kappa shape index (κ3) is 3.85. The van der Waals surface area contributed by atoms with Crippen molar-refractivity contribution in [2.45, 2.75) is 17.9 Å². The molecule has 1 unspecified atom stereocenters. The maximum atomic E-state index is 12.2. The zero-order valence-electron chi connectivity index (χ0n) is 12.8. The first-order valence-corrected chi connectivity index (χ1v) is 9.77. The van der Waals surface area contributed by atoms with Crippen LogP contribution in [0.5, 0.6) is 5.75 Å². The van der Waals surface area contributed by atoms with Gasteiger partial charge in [-0.2, -0.15) is 8.42 Å². The van der Waals surface area contributed by atoms with Crippen molar-refractivity contribution in [3.63, 3.8) is 0 Å². The molecule has 0 aliphatic carbocycles. The Labute approximate surface area is 154 Å². The Morgan fingerprint density at radius 2 is 2.04 bits per heavy atom. The Hall–Kier alpha value is -1.28. The highest BCUT2D eigenvalue weighted by molar-refractivity contribution is 9.10. The fourth-order valence-corrected chi connectivity index (χ4v) is 4.12. The minimum atomic E-state index is -3.80. The van der Waals surface area contributed by atoms with Crippen LogP contribution in [-0.4, -0.2) is 27.7 Å². The standard InChI is InChI=1S/C16H15BrClNO4S/c1-10-2-4-13(5-3-10)24(20,21)23-9-12-8-22-15-7-11(18)6-14(17)16(15)19-12/h2-7,12,19H,8-9H2,1H3. The molecule has 128 valence electrons. The van der Waals surface area contributed by atoms with Gasteiger partial charge in [0.15, 0.2) is 0 Å². The lowest BCUT2D eigenvalue weighted by Gasteiger charge is -2.28. The number of rotatable bonds is 4. The van der Waals surface area contributed by atoms with Gasteiger partial charge < -0.3 is 10.1 Å². The van der Waals surface area contributed by atoms with E-state index in [-0.39, 0.29) is 24.2 Å². The summed E-state index contributed by atoms with van der Waals surface area (Å²) >= 11 is 9.38. The number of fused-ring (bicyclic) bond motifs is 1. The maximum Gasteiger partial charge on any atom is 0.297 e. The molecule has 2 aromatic rings. The molecule has 0 bridgehead atoms. The average molecular weight is 433 g/mol. The smallest absolute Gasteiger partial charge is 0.297 e. The number of ether oxygens (including phenoxy) is 1. The van der Waals surface area contributed by atoms with Crippen LogP contribution in [0, 0.1) is 6.92 Å². The second-order valence-electron chi connectivity index (χ2n) is 5.46. The second-order valence-corrected chi connectivity index (χ2v) is 8.37. The van der Waals surface area contributed by atoms with Gasteiger partial charge in [-0.05, 0) is 41.1 Å². The van der Waals surface area contributed by atoms with Crippen molar-refractivity contribution >= 4 is 43.3 Å². The molecule has 8 heteroatoms. The Bertz CT molecular complexity index is 855. The van der Waals surface area contributed by atoms with Crippen LogP contribution in [0.3, 0.4) is 0 Å². The molecule has 0 amide bonds. The third-order valence-corrected chi connectivity index (χ3v) is 5.68. The SMILES string of the molecule is Cc1ccc(S(=O)(=O)OCC2COc3cc(Cl)cc(Br)c3N2)cc1. The van der Waals surface area contributed by atoms with Crippen LogP contribution in [-0.2, 0) is 14.3 Å². The van der Waals surface area contributed by atoms with Crippen molar-refractivity contribution in [1.82, 2.24) is 0 Å². The summed E-state index contributed by atoms with van der Waals surface area (Å²) < 4.78 is 36.0. The van der Waals surface area contributed by atoms with Gasteiger partial charge in [-0.15, -0.1) is 0 Å². The van der Waals surface area contributed by atoms with Crippen molar-refractivity contribution in [3.8, 4) is 5.75 Å². The fourth-order valence-electron chi connectivity index (χ4n) is 2.27. The number of benzene rings is 2. The van der Waals surface area contributed by atoms with Crippen molar-refractivity contribution in [1.29, 1.82) is 0 Å². The van der Waals surface area contributed by atoms with Crippen molar-refractivity contribution in [2.75, 3.05) is 18.5 Å². The van der Waals surface area contributed by atoms with Gasteiger partial charge >= 0.3 is 0 Å². The molecule has 0 saturated carbocycles. The molecule has 2 aromatic carbocycles. The third-order valence-electron chi connectivity index (χ3n) is 3.54. The van der Waals surface area contributed by atoms with Gasteiger partial charge in [-0.25, -0.2) is 0 Å². The molecule has 0 radical (unpaired) electrons. The summed E-state index contributed by atoms with van der Waals surface area (Å²) in [6.07, 6.45) is 0. The first kappa shape index (κ1) is 17.5. The summed E-state index contributed by atoms with van der Waals surface area (Å²) in [6.45, 7) is 2.13. The summed E-state index contributed by atoms with van der Waals surface area (Å²) in [5.41, 5.74) is 1.71. The topological polar surface area (TPSA) is 64.6 Å². The zero-order chi connectivity index (χ0) is 17.3. The number of nitrogens with one attached hydrogen (secondary N) is 1. The van der Waals surface area contributed by atoms with Crippen LogP contribution < -0.4 is 10.1 Å². The summed E-state index contributed by atoms with van der Waals surface area (Å²) in [5.74, 6) is 0.618. The van der Waals surface area contributed by atoms with Gasteiger partial charge in [0.2, 0.25) is 0 Å². The molecule has 0 fully saturated rings. The van der Waals surface area contributed by atoms with Crippen LogP contribution in [0.15, 0.2) is 45.8 Å². The molecule has 0 spiro atoms. The van der Waals surface area contributed by atoms with Crippen molar-refractivity contribution < 1.29 is 17.3 Å². The van der Waals surface area contributed by atoms with Crippen LogP contribution in [0.1, 0.15) is 5.56 Å². The van der Waals surface area contributed by atoms with Crippen LogP contribution in [0.4, 0.5) is 5.69 Å². The highest BCUT2D eigenvalue weighted by atomic mass is 79.9. The van der Waals surface area contributed by atoms with Gasteiger partial charge in [-0.3, -0.25) is 4.18 Å². The molecular formula is C16H15BrClNO4S. The number of hydrogen-bond donors (Lipinski definition) is 1. The van der Waals surface area contributed by atoms with E-state index >= 15 is 0 Å². The van der Waals surface area contributed by atoms with Crippen molar-refractivity contribution in [3.05, 3.63) is 51.5 Å². The fraction of sp³-hybridized carbons (Fsp3) is 0.250. The Morgan fingerprint density at radius 1 is 1.33 bits per heavy atom. The molecule has 1 heterocycles. The summed E-state index contributed by atoms with van der Waals surface area (Å²) in [4.78, 5) is 0.137. The van der Waals surface area contributed by atoms with Crippen LogP contribution >= 0.6 is 27.5 Å². The lowest BCUT2D eigenvalue weighted by Crippen LogP contribution is -2.36. The van der Waals surface area contributed by atoms with E-state index in [4.69, 9.17) is 20.5 Å².